The average Bonchev–Trinajstić information content (AvgIpc) is 2.15. The van der Waals surface area contributed by atoms with Gasteiger partial charge in [-0.15, -0.1) is 0 Å². The molecule has 0 atom stereocenters. The highest BCUT2D eigenvalue weighted by Crippen LogP contribution is 2.36. The van der Waals surface area contributed by atoms with E-state index in [9.17, 15) is 23.7 Å². The molecule has 0 fully saturated rings. The van der Waals surface area contributed by atoms with Crippen molar-refractivity contribution >= 4 is 34.1 Å². The molecule has 0 aromatic carbocycles. The SMILES string of the molecule is O=C(Cl)c1cnc(Cl)c([N+](=O)[O-])c1C(F)F. The first-order valence-electron chi connectivity index (χ1n) is 3.67. The Morgan fingerprint density at radius 1 is 1.56 bits per heavy atom. The first-order valence-corrected chi connectivity index (χ1v) is 4.42. The molecule has 0 saturated heterocycles. The molecule has 0 radical (unpaired) electrons. The molecule has 0 spiro atoms. The summed E-state index contributed by atoms with van der Waals surface area (Å²) >= 11 is 10.3. The quantitative estimate of drug-likeness (QED) is 0.366. The highest BCUT2D eigenvalue weighted by atomic mass is 35.5. The molecule has 9 heteroatoms. The fourth-order valence-electron chi connectivity index (χ4n) is 1.04. The number of carbonyl (C=O) groups is 1. The van der Waals surface area contributed by atoms with Crippen LogP contribution in [0.15, 0.2) is 6.20 Å². The van der Waals surface area contributed by atoms with Crippen LogP contribution in [0.4, 0.5) is 14.5 Å². The maximum absolute atomic E-state index is 12.6. The van der Waals surface area contributed by atoms with Gasteiger partial charge < -0.3 is 0 Å². The van der Waals surface area contributed by atoms with Crippen molar-refractivity contribution in [2.24, 2.45) is 0 Å². The van der Waals surface area contributed by atoms with Crippen molar-refractivity contribution < 1.29 is 18.5 Å². The van der Waals surface area contributed by atoms with E-state index in [1.54, 1.807) is 0 Å². The van der Waals surface area contributed by atoms with Crippen LogP contribution in [0.25, 0.3) is 0 Å². The second-order valence-corrected chi connectivity index (χ2v) is 3.26. The van der Waals surface area contributed by atoms with Crippen molar-refractivity contribution in [2.45, 2.75) is 6.43 Å². The molecule has 0 aliphatic heterocycles. The molecule has 0 N–H and O–H groups in total. The lowest BCUT2D eigenvalue weighted by atomic mass is 10.1. The molecule has 0 amide bonds. The van der Waals surface area contributed by atoms with E-state index in [1.165, 1.54) is 0 Å². The summed E-state index contributed by atoms with van der Waals surface area (Å²) < 4.78 is 25.2. The summed E-state index contributed by atoms with van der Waals surface area (Å²) in [4.78, 5) is 23.4. The van der Waals surface area contributed by atoms with E-state index in [0.717, 1.165) is 0 Å². The minimum Gasteiger partial charge on any atom is -0.276 e. The molecule has 0 saturated carbocycles. The van der Waals surface area contributed by atoms with Gasteiger partial charge in [0.2, 0.25) is 5.15 Å². The van der Waals surface area contributed by atoms with E-state index < -0.39 is 38.6 Å². The molecule has 1 rings (SSSR count). The Balaban J connectivity index is 3.63. The molecule has 0 aliphatic rings. The summed E-state index contributed by atoms with van der Waals surface area (Å²) in [5.74, 6) is 0. The lowest BCUT2D eigenvalue weighted by molar-refractivity contribution is -0.386. The summed E-state index contributed by atoms with van der Waals surface area (Å²) in [6.07, 6.45) is -2.58. The fraction of sp³-hybridized carbons (Fsp3) is 0.143. The third kappa shape index (κ3) is 2.25. The Kier molecular flexibility index (Phi) is 3.71. The number of aromatic nitrogens is 1. The second kappa shape index (κ2) is 4.67. The van der Waals surface area contributed by atoms with Gasteiger partial charge in [-0.2, -0.15) is 0 Å². The zero-order valence-electron chi connectivity index (χ0n) is 7.29. The van der Waals surface area contributed by atoms with Crippen LogP contribution in [-0.4, -0.2) is 15.1 Å². The van der Waals surface area contributed by atoms with Crippen LogP contribution in [0.5, 0.6) is 0 Å². The third-order valence-corrected chi connectivity index (χ3v) is 2.14. The number of nitrogens with zero attached hydrogens (tertiary/aromatic N) is 2. The minimum atomic E-state index is -3.25. The normalized spacial score (nSPS) is 10.6. The van der Waals surface area contributed by atoms with Gasteiger partial charge >= 0.3 is 5.69 Å². The van der Waals surface area contributed by atoms with Crippen LogP contribution in [-0.2, 0) is 0 Å². The van der Waals surface area contributed by atoms with Crippen LogP contribution in [0.3, 0.4) is 0 Å². The molecular formula is C7H2Cl2F2N2O3. The van der Waals surface area contributed by atoms with Crippen LogP contribution in [0, 0.1) is 10.1 Å². The van der Waals surface area contributed by atoms with Gasteiger partial charge in [-0.05, 0) is 11.6 Å². The van der Waals surface area contributed by atoms with Gasteiger partial charge in [0.15, 0.2) is 0 Å². The van der Waals surface area contributed by atoms with E-state index >= 15 is 0 Å². The van der Waals surface area contributed by atoms with Crippen LogP contribution >= 0.6 is 23.2 Å². The Morgan fingerprint density at radius 2 is 2.12 bits per heavy atom. The van der Waals surface area contributed by atoms with Gasteiger partial charge in [-0.25, -0.2) is 13.8 Å². The predicted octanol–water partition coefficient (Wildman–Crippen LogP) is 2.96. The molecule has 1 heterocycles. The van der Waals surface area contributed by atoms with E-state index in [-0.39, 0.29) is 0 Å². The van der Waals surface area contributed by atoms with E-state index in [2.05, 4.69) is 4.98 Å². The van der Waals surface area contributed by atoms with Crippen molar-refractivity contribution in [2.75, 3.05) is 0 Å². The smallest absolute Gasteiger partial charge is 0.276 e. The standard InChI is InChI=1S/C7H2Cl2F2N2O3/c8-5-4(13(15)16)3(7(10)11)2(1-12-5)6(9)14/h1,7H. The van der Waals surface area contributed by atoms with Gasteiger partial charge in [-0.1, -0.05) is 11.6 Å². The van der Waals surface area contributed by atoms with E-state index in [1.807, 2.05) is 0 Å². The van der Waals surface area contributed by atoms with Gasteiger partial charge in [0.25, 0.3) is 11.7 Å². The summed E-state index contributed by atoms with van der Waals surface area (Å²) in [5, 5.41) is 8.53. The van der Waals surface area contributed by atoms with E-state index in [4.69, 9.17) is 23.2 Å². The molecule has 1 aromatic heterocycles. The Hall–Kier alpha value is -1.34. The zero-order valence-corrected chi connectivity index (χ0v) is 8.80. The van der Waals surface area contributed by atoms with Crippen molar-refractivity contribution in [3.05, 3.63) is 32.6 Å². The Labute approximate surface area is 97.1 Å². The molecular weight excluding hydrogens is 269 g/mol. The molecule has 0 aliphatic carbocycles. The minimum absolute atomic E-state index is 0.673. The second-order valence-electron chi connectivity index (χ2n) is 2.56. The number of hydrogen-bond donors (Lipinski definition) is 0. The van der Waals surface area contributed by atoms with Crippen molar-refractivity contribution in [1.82, 2.24) is 4.98 Å². The summed E-state index contributed by atoms with van der Waals surface area (Å²) in [7, 11) is 0. The molecule has 0 unspecified atom stereocenters. The summed E-state index contributed by atoms with van der Waals surface area (Å²) in [6.45, 7) is 0. The van der Waals surface area contributed by atoms with Gasteiger partial charge in [0.1, 0.15) is 5.56 Å². The average molecular weight is 271 g/mol. The monoisotopic (exact) mass is 270 g/mol. The number of halogens is 4. The highest BCUT2D eigenvalue weighted by Gasteiger charge is 2.31. The van der Waals surface area contributed by atoms with Gasteiger partial charge in [-0.3, -0.25) is 14.9 Å². The number of carbonyl (C=O) groups excluding carboxylic acids is 1. The lowest BCUT2D eigenvalue weighted by Gasteiger charge is -2.06. The maximum Gasteiger partial charge on any atom is 0.316 e. The topological polar surface area (TPSA) is 73.1 Å². The Morgan fingerprint density at radius 3 is 2.50 bits per heavy atom. The first kappa shape index (κ1) is 12.7. The third-order valence-electron chi connectivity index (χ3n) is 1.66. The summed E-state index contributed by atoms with van der Waals surface area (Å²) in [5.41, 5.74) is -2.96. The molecule has 5 nitrogen and oxygen atoms in total. The van der Waals surface area contributed by atoms with Crippen LogP contribution < -0.4 is 0 Å². The van der Waals surface area contributed by atoms with Crippen LogP contribution in [0.2, 0.25) is 5.15 Å². The molecule has 16 heavy (non-hydrogen) atoms. The van der Waals surface area contributed by atoms with Crippen molar-refractivity contribution in [3.63, 3.8) is 0 Å². The summed E-state index contributed by atoms with van der Waals surface area (Å²) in [6, 6.07) is 0. The number of nitro groups is 1. The number of alkyl halides is 2. The largest absolute Gasteiger partial charge is 0.316 e. The number of hydrogen-bond acceptors (Lipinski definition) is 4. The van der Waals surface area contributed by atoms with Crippen molar-refractivity contribution in [1.29, 1.82) is 0 Å². The first-order chi connectivity index (χ1) is 7.36. The Bertz CT molecular complexity index is 467. The maximum atomic E-state index is 12.6. The number of rotatable bonds is 3. The molecule has 1 aromatic rings. The lowest BCUT2D eigenvalue weighted by Crippen LogP contribution is -2.05. The van der Waals surface area contributed by atoms with Crippen molar-refractivity contribution in [3.8, 4) is 0 Å². The molecule has 86 valence electrons. The zero-order chi connectivity index (χ0) is 12.5. The molecule has 0 bridgehead atoms. The van der Waals surface area contributed by atoms with Gasteiger partial charge in [0.05, 0.1) is 10.5 Å². The van der Waals surface area contributed by atoms with Crippen LogP contribution in [0.1, 0.15) is 22.3 Å². The van der Waals surface area contributed by atoms with E-state index in [0.29, 0.717) is 6.20 Å². The predicted molar refractivity (Wildman–Crippen MR) is 51.0 cm³/mol. The highest BCUT2D eigenvalue weighted by molar-refractivity contribution is 6.68. The van der Waals surface area contributed by atoms with Gasteiger partial charge in [0, 0.05) is 6.20 Å². The number of pyridine rings is 1. The fourth-order valence-corrected chi connectivity index (χ4v) is 1.41.